The molecule has 110 valence electrons. The lowest BCUT2D eigenvalue weighted by atomic mass is 9.93. The zero-order chi connectivity index (χ0) is 14.8. The Bertz CT molecular complexity index is 550. The fourth-order valence-electron chi connectivity index (χ4n) is 2.10. The molecule has 1 unspecified atom stereocenters. The Morgan fingerprint density at radius 2 is 2.15 bits per heavy atom. The predicted octanol–water partition coefficient (Wildman–Crippen LogP) is 3.07. The molecule has 5 heteroatoms. The number of aryl methyl sites for hydroxylation is 1. The second-order valence-electron chi connectivity index (χ2n) is 6.14. The van der Waals surface area contributed by atoms with Gasteiger partial charge in [0.25, 0.3) is 0 Å². The van der Waals surface area contributed by atoms with Gasteiger partial charge in [-0.1, -0.05) is 27.7 Å². The van der Waals surface area contributed by atoms with E-state index >= 15 is 0 Å². The van der Waals surface area contributed by atoms with E-state index < -0.39 is 0 Å². The molecule has 0 aromatic carbocycles. The van der Waals surface area contributed by atoms with Gasteiger partial charge in [-0.25, -0.2) is 4.98 Å². The summed E-state index contributed by atoms with van der Waals surface area (Å²) in [5.74, 6) is 0. The van der Waals surface area contributed by atoms with Gasteiger partial charge in [0.05, 0.1) is 16.9 Å². The quantitative estimate of drug-likeness (QED) is 0.921. The first kappa shape index (κ1) is 15.2. The molecule has 0 amide bonds. The SMILES string of the molecule is CCNC(Cc1nc(C(C)(C)C)cs1)c1cnn(C)c1. The van der Waals surface area contributed by atoms with Gasteiger partial charge in [-0.15, -0.1) is 11.3 Å². The smallest absolute Gasteiger partial charge is 0.0947 e. The lowest BCUT2D eigenvalue weighted by molar-refractivity contribution is 0.539. The number of hydrogen-bond acceptors (Lipinski definition) is 4. The molecule has 1 N–H and O–H groups in total. The van der Waals surface area contributed by atoms with Crippen LogP contribution in [0.2, 0.25) is 0 Å². The van der Waals surface area contributed by atoms with Crippen LogP contribution in [-0.2, 0) is 18.9 Å². The highest BCUT2D eigenvalue weighted by Crippen LogP contribution is 2.26. The number of nitrogens with zero attached hydrogens (tertiary/aromatic N) is 3. The largest absolute Gasteiger partial charge is 0.310 e. The first-order valence-electron chi connectivity index (χ1n) is 7.07. The minimum atomic E-state index is 0.122. The Hall–Kier alpha value is -1.20. The summed E-state index contributed by atoms with van der Waals surface area (Å²) in [5.41, 5.74) is 2.53. The summed E-state index contributed by atoms with van der Waals surface area (Å²) < 4.78 is 1.85. The summed E-state index contributed by atoms with van der Waals surface area (Å²) in [6.45, 7) is 9.68. The third-order valence-corrected chi connectivity index (χ3v) is 4.15. The molecule has 1 atom stereocenters. The minimum absolute atomic E-state index is 0.122. The number of thiazole rings is 1. The van der Waals surface area contributed by atoms with Crippen molar-refractivity contribution in [2.75, 3.05) is 6.54 Å². The van der Waals surface area contributed by atoms with Crippen molar-refractivity contribution in [2.24, 2.45) is 7.05 Å². The van der Waals surface area contributed by atoms with Crippen LogP contribution in [0.4, 0.5) is 0 Å². The molecular weight excluding hydrogens is 268 g/mol. The molecule has 20 heavy (non-hydrogen) atoms. The summed E-state index contributed by atoms with van der Waals surface area (Å²) in [7, 11) is 1.95. The van der Waals surface area contributed by atoms with E-state index in [-0.39, 0.29) is 11.5 Å². The number of rotatable bonds is 5. The molecule has 0 fully saturated rings. The van der Waals surface area contributed by atoms with Crippen LogP contribution >= 0.6 is 11.3 Å². The molecule has 0 radical (unpaired) electrons. The Balaban J connectivity index is 2.14. The molecule has 0 aliphatic heterocycles. The standard InChI is InChI=1S/C15H24N4S/c1-6-16-12(11-8-17-19(5)9-11)7-14-18-13(10-20-14)15(2,3)4/h8-10,12,16H,6-7H2,1-5H3. The number of aromatic nitrogens is 3. The normalized spacial score (nSPS) is 13.7. The summed E-state index contributed by atoms with van der Waals surface area (Å²) >= 11 is 1.75. The van der Waals surface area contributed by atoms with E-state index in [4.69, 9.17) is 4.98 Å². The second-order valence-corrected chi connectivity index (χ2v) is 7.08. The molecule has 2 rings (SSSR count). The maximum absolute atomic E-state index is 4.79. The van der Waals surface area contributed by atoms with E-state index in [1.807, 2.05) is 17.9 Å². The number of nitrogens with one attached hydrogen (secondary N) is 1. The molecule has 0 saturated carbocycles. The van der Waals surface area contributed by atoms with Gasteiger partial charge in [0.2, 0.25) is 0 Å². The van der Waals surface area contributed by atoms with Crippen molar-refractivity contribution in [2.45, 2.75) is 45.6 Å². The van der Waals surface area contributed by atoms with Gasteiger partial charge < -0.3 is 5.32 Å². The van der Waals surface area contributed by atoms with Gasteiger partial charge in [0, 0.05) is 42.1 Å². The van der Waals surface area contributed by atoms with Crippen molar-refractivity contribution >= 4 is 11.3 Å². The Labute approximate surface area is 125 Å². The van der Waals surface area contributed by atoms with Crippen LogP contribution in [-0.4, -0.2) is 21.3 Å². The maximum atomic E-state index is 4.79. The molecule has 4 nitrogen and oxygen atoms in total. The first-order chi connectivity index (χ1) is 9.40. The van der Waals surface area contributed by atoms with Gasteiger partial charge in [0.1, 0.15) is 0 Å². The van der Waals surface area contributed by atoms with Crippen molar-refractivity contribution < 1.29 is 0 Å². The molecule has 0 saturated heterocycles. The lowest BCUT2D eigenvalue weighted by Gasteiger charge is -2.16. The molecule has 0 spiro atoms. The van der Waals surface area contributed by atoms with Crippen molar-refractivity contribution in [3.63, 3.8) is 0 Å². The Morgan fingerprint density at radius 3 is 2.65 bits per heavy atom. The Kier molecular flexibility index (Phi) is 4.60. The van der Waals surface area contributed by atoms with Crippen LogP contribution < -0.4 is 5.32 Å². The van der Waals surface area contributed by atoms with E-state index in [0.29, 0.717) is 0 Å². The number of hydrogen-bond donors (Lipinski definition) is 1. The van der Waals surface area contributed by atoms with Gasteiger partial charge in [-0.2, -0.15) is 5.10 Å². The third-order valence-electron chi connectivity index (χ3n) is 3.28. The predicted molar refractivity (Wildman–Crippen MR) is 84.1 cm³/mol. The highest BCUT2D eigenvalue weighted by molar-refractivity contribution is 7.09. The number of likely N-dealkylation sites (N-methyl/N-ethyl adjacent to an activating group) is 1. The van der Waals surface area contributed by atoms with E-state index in [2.05, 4.69) is 49.7 Å². The van der Waals surface area contributed by atoms with Crippen molar-refractivity contribution in [3.8, 4) is 0 Å². The Morgan fingerprint density at radius 1 is 1.40 bits per heavy atom. The lowest BCUT2D eigenvalue weighted by Crippen LogP contribution is -2.22. The second kappa shape index (κ2) is 6.06. The van der Waals surface area contributed by atoms with E-state index in [9.17, 15) is 0 Å². The maximum Gasteiger partial charge on any atom is 0.0947 e. The molecular formula is C15H24N4S. The zero-order valence-corrected chi connectivity index (χ0v) is 13.8. The molecule has 2 aromatic rings. The van der Waals surface area contributed by atoms with E-state index in [0.717, 1.165) is 13.0 Å². The summed E-state index contributed by atoms with van der Waals surface area (Å²) in [5, 5.41) is 11.2. The van der Waals surface area contributed by atoms with Crippen LogP contribution in [0.1, 0.15) is 50.0 Å². The van der Waals surface area contributed by atoms with Crippen molar-refractivity contribution in [1.82, 2.24) is 20.1 Å². The highest BCUT2D eigenvalue weighted by Gasteiger charge is 2.20. The molecule has 2 heterocycles. The fraction of sp³-hybridized carbons (Fsp3) is 0.600. The van der Waals surface area contributed by atoms with Crippen molar-refractivity contribution in [3.05, 3.63) is 34.0 Å². The fourth-order valence-corrected chi connectivity index (χ4v) is 3.17. The highest BCUT2D eigenvalue weighted by atomic mass is 32.1. The van der Waals surface area contributed by atoms with Gasteiger partial charge in [0.15, 0.2) is 0 Å². The molecule has 2 aromatic heterocycles. The van der Waals surface area contributed by atoms with Crippen molar-refractivity contribution in [1.29, 1.82) is 0 Å². The van der Waals surface area contributed by atoms with Crippen LogP contribution in [0.5, 0.6) is 0 Å². The van der Waals surface area contributed by atoms with Gasteiger partial charge in [-0.05, 0) is 6.54 Å². The minimum Gasteiger partial charge on any atom is -0.310 e. The summed E-state index contributed by atoms with van der Waals surface area (Å²) in [6, 6.07) is 0.285. The molecule has 0 aliphatic rings. The average Bonchev–Trinajstić information content (AvgIpc) is 2.96. The summed E-state index contributed by atoms with van der Waals surface area (Å²) in [6.07, 6.45) is 4.93. The van der Waals surface area contributed by atoms with Crippen LogP contribution in [0.3, 0.4) is 0 Å². The monoisotopic (exact) mass is 292 g/mol. The van der Waals surface area contributed by atoms with Gasteiger partial charge >= 0.3 is 0 Å². The van der Waals surface area contributed by atoms with Crippen LogP contribution in [0.15, 0.2) is 17.8 Å². The average molecular weight is 292 g/mol. The summed E-state index contributed by atoms with van der Waals surface area (Å²) in [4.78, 5) is 4.79. The van der Waals surface area contributed by atoms with Gasteiger partial charge in [-0.3, -0.25) is 4.68 Å². The molecule has 0 aliphatic carbocycles. The van der Waals surface area contributed by atoms with Crippen LogP contribution in [0.25, 0.3) is 0 Å². The topological polar surface area (TPSA) is 42.7 Å². The zero-order valence-electron chi connectivity index (χ0n) is 13.0. The van der Waals surface area contributed by atoms with E-state index in [1.54, 1.807) is 11.3 Å². The molecule has 0 bridgehead atoms. The van der Waals surface area contributed by atoms with Crippen LogP contribution in [0, 0.1) is 0 Å². The first-order valence-corrected chi connectivity index (χ1v) is 7.95. The van der Waals surface area contributed by atoms with E-state index in [1.165, 1.54) is 16.3 Å². The third kappa shape index (κ3) is 3.67.